The van der Waals surface area contributed by atoms with E-state index in [0.29, 0.717) is 6.54 Å². The van der Waals surface area contributed by atoms with Crippen molar-refractivity contribution in [2.45, 2.75) is 27.2 Å². The predicted octanol–water partition coefficient (Wildman–Crippen LogP) is 1.21. The van der Waals surface area contributed by atoms with E-state index in [9.17, 15) is 0 Å². The van der Waals surface area contributed by atoms with Crippen molar-refractivity contribution in [2.24, 2.45) is 0 Å². The van der Waals surface area contributed by atoms with E-state index in [1.165, 1.54) is 0 Å². The average Bonchev–Trinajstić information content (AvgIpc) is 2.32. The van der Waals surface area contributed by atoms with Gasteiger partial charge >= 0.3 is 0 Å². The van der Waals surface area contributed by atoms with Crippen LogP contribution in [0, 0.1) is 6.92 Å². The zero-order chi connectivity index (χ0) is 12.8. The van der Waals surface area contributed by atoms with Crippen molar-refractivity contribution in [1.82, 2.24) is 9.97 Å². The number of aryl methyl sites for hydroxylation is 1. The van der Waals surface area contributed by atoms with Gasteiger partial charge in [0.2, 0.25) is 0 Å². The summed E-state index contributed by atoms with van der Waals surface area (Å²) in [5.41, 5.74) is 1.03. The SMILES string of the molecule is CCNc1nc(CC)nc(N(C)CCO)c1C. The second-order valence-electron chi connectivity index (χ2n) is 3.97. The van der Waals surface area contributed by atoms with Crippen LogP contribution in [0.5, 0.6) is 0 Å². The Labute approximate surface area is 103 Å². The zero-order valence-electron chi connectivity index (χ0n) is 11.1. The van der Waals surface area contributed by atoms with Crippen LogP contribution in [0.25, 0.3) is 0 Å². The van der Waals surface area contributed by atoms with Gasteiger partial charge in [-0.15, -0.1) is 0 Å². The summed E-state index contributed by atoms with van der Waals surface area (Å²) >= 11 is 0. The summed E-state index contributed by atoms with van der Waals surface area (Å²) in [6.07, 6.45) is 0.804. The maximum atomic E-state index is 8.99. The number of likely N-dealkylation sites (N-methyl/N-ethyl adjacent to an activating group) is 1. The lowest BCUT2D eigenvalue weighted by Crippen LogP contribution is -2.24. The van der Waals surface area contributed by atoms with Crippen molar-refractivity contribution in [3.63, 3.8) is 0 Å². The van der Waals surface area contributed by atoms with Crippen LogP contribution in [0.2, 0.25) is 0 Å². The van der Waals surface area contributed by atoms with E-state index in [1.54, 1.807) is 0 Å². The van der Waals surface area contributed by atoms with E-state index in [0.717, 1.165) is 36.0 Å². The first-order chi connectivity index (χ1) is 8.13. The quantitative estimate of drug-likeness (QED) is 0.780. The Morgan fingerprint density at radius 1 is 1.29 bits per heavy atom. The summed E-state index contributed by atoms with van der Waals surface area (Å²) in [5.74, 6) is 2.60. The minimum Gasteiger partial charge on any atom is -0.395 e. The van der Waals surface area contributed by atoms with E-state index >= 15 is 0 Å². The lowest BCUT2D eigenvalue weighted by Gasteiger charge is -2.21. The Morgan fingerprint density at radius 3 is 2.53 bits per heavy atom. The molecule has 17 heavy (non-hydrogen) atoms. The number of hydrogen-bond acceptors (Lipinski definition) is 5. The molecule has 0 saturated heterocycles. The molecular formula is C12H22N4O. The molecule has 1 aromatic rings. The first-order valence-corrected chi connectivity index (χ1v) is 6.07. The Kier molecular flexibility index (Phi) is 5.15. The first-order valence-electron chi connectivity index (χ1n) is 6.07. The lowest BCUT2D eigenvalue weighted by atomic mass is 10.2. The van der Waals surface area contributed by atoms with Gasteiger partial charge in [0, 0.05) is 32.1 Å². The van der Waals surface area contributed by atoms with Crippen LogP contribution in [-0.2, 0) is 6.42 Å². The molecule has 0 amide bonds. The normalized spacial score (nSPS) is 10.4. The number of hydrogen-bond donors (Lipinski definition) is 2. The number of aromatic nitrogens is 2. The number of aliphatic hydroxyl groups is 1. The van der Waals surface area contributed by atoms with Gasteiger partial charge < -0.3 is 15.3 Å². The Balaban J connectivity index is 3.13. The largest absolute Gasteiger partial charge is 0.395 e. The van der Waals surface area contributed by atoms with Crippen LogP contribution < -0.4 is 10.2 Å². The van der Waals surface area contributed by atoms with Gasteiger partial charge in [0.05, 0.1) is 6.61 Å². The zero-order valence-corrected chi connectivity index (χ0v) is 11.1. The molecule has 0 aliphatic rings. The highest BCUT2D eigenvalue weighted by molar-refractivity contribution is 5.58. The van der Waals surface area contributed by atoms with Crippen LogP contribution in [0.1, 0.15) is 25.2 Å². The average molecular weight is 238 g/mol. The summed E-state index contributed by atoms with van der Waals surface area (Å²) in [7, 11) is 1.93. The number of anilines is 2. The fourth-order valence-corrected chi connectivity index (χ4v) is 1.68. The van der Waals surface area contributed by atoms with Crippen molar-refractivity contribution in [3.8, 4) is 0 Å². The molecule has 0 aliphatic carbocycles. The van der Waals surface area contributed by atoms with Crippen LogP contribution in [0.3, 0.4) is 0 Å². The van der Waals surface area contributed by atoms with Crippen molar-refractivity contribution in [3.05, 3.63) is 11.4 Å². The molecule has 1 rings (SSSR count). The molecule has 5 nitrogen and oxygen atoms in total. The predicted molar refractivity (Wildman–Crippen MR) is 70.7 cm³/mol. The van der Waals surface area contributed by atoms with Gasteiger partial charge in [-0.2, -0.15) is 0 Å². The molecule has 0 radical (unpaired) electrons. The Morgan fingerprint density at radius 2 is 2.00 bits per heavy atom. The Hall–Kier alpha value is -1.36. The van der Waals surface area contributed by atoms with E-state index in [2.05, 4.69) is 15.3 Å². The molecular weight excluding hydrogens is 216 g/mol. The molecule has 2 N–H and O–H groups in total. The van der Waals surface area contributed by atoms with Crippen molar-refractivity contribution >= 4 is 11.6 Å². The van der Waals surface area contributed by atoms with Gasteiger partial charge in [-0.05, 0) is 13.8 Å². The maximum Gasteiger partial charge on any atom is 0.137 e. The summed E-state index contributed by atoms with van der Waals surface area (Å²) in [6, 6.07) is 0. The van der Waals surface area contributed by atoms with Gasteiger partial charge in [0.15, 0.2) is 0 Å². The molecule has 0 saturated carbocycles. The van der Waals surface area contributed by atoms with E-state index in [-0.39, 0.29) is 6.61 Å². The van der Waals surface area contributed by atoms with Crippen LogP contribution in [0.4, 0.5) is 11.6 Å². The molecule has 0 aromatic carbocycles. The molecule has 1 aromatic heterocycles. The summed E-state index contributed by atoms with van der Waals surface area (Å²) < 4.78 is 0. The molecule has 1 heterocycles. The highest BCUT2D eigenvalue weighted by Gasteiger charge is 2.12. The van der Waals surface area contributed by atoms with Crippen molar-refractivity contribution in [2.75, 3.05) is 37.0 Å². The number of nitrogens with one attached hydrogen (secondary N) is 1. The standard InChI is InChI=1S/C12H22N4O/c1-5-10-14-11(13-6-2)9(3)12(15-10)16(4)7-8-17/h17H,5-8H2,1-4H3,(H,13,14,15). The lowest BCUT2D eigenvalue weighted by molar-refractivity contribution is 0.303. The first kappa shape index (κ1) is 13.7. The highest BCUT2D eigenvalue weighted by atomic mass is 16.3. The Bertz CT molecular complexity index is 368. The summed E-state index contributed by atoms with van der Waals surface area (Å²) in [5, 5.41) is 12.2. The molecule has 0 fully saturated rings. The van der Waals surface area contributed by atoms with Crippen LogP contribution in [-0.4, -0.2) is 41.8 Å². The number of rotatable bonds is 6. The van der Waals surface area contributed by atoms with Crippen molar-refractivity contribution < 1.29 is 5.11 Å². The van der Waals surface area contributed by atoms with Gasteiger partial charge in [0.25, 0.3) is 0 Å². The molecule has 0 aliphatic heterocycles. The molecule has 0 bridgehead atoms. The van der Waals surface area contributed by atoms with E-state index < -0.39 is 0 Å². The summed E-state index contributed by atoms with van der Waals surface area (Å²) in [6.45, 7) is 7.62. The van der Waals surface area contributed by atoms with Gasteiger partial charge in [-0.25, -0.2) is 9.97 Å². The minimum absolute atomic E-state index is 0.123. The van der Waals surface area contributed by atoms with Crippen molar-refractivity contribution in [1.29, 1.82) is 0 Å². The monoisotopic (exact) mass is 238 g/mol. The molecule has 5 heteroatoms. The third-order valence-corrected chi connectivity index (χ3v) is 2.62. The second-order valence-corrected chi connectivity index (χ2v) is 3.97. The van der Waals surface area contributed by atoms with Crippen LogP contribution in [0.15, 0.2) is 0 Å². The third kappa shape index (κ3) is 3.30. The molecule has 0 spiro atoms. The fraction of sp³-hybridized carbons (Fsp3) is 0.667. The molecule has 96 valence electrons. The second kappa shape index (κ2) is 6.39. The summed E-state index contributed by atoms with van der Waals surface area (Å²) in [4.78, 5) is 10.9. The van der Waals surface area contributed by atoms with E-state index in [4.69, 9.17) is 5.11 Å². The topological polar surface area (TPSA) is 61.3 Å². The highest BCUT2D eigenvalue weighted by Crippen LogP contribution is 2.22. The third-order valence-electron chi connectivity index (χ3n) is 2.62. The van der Waals surface area contributed by atoms with Gasteiger partial charge in [-0.3, -0.25) is 0 Å². The smallest absolute Gasteiger partial charge is 0.137 e. The number of nitrogens with zero attached hydrogens (tertiary/aromatic N) is 3. The van der Waals surface area contributed by atoms with Crippen LogP contribution >= 0.6 is 0 Å². The fourth-order valence-electron chi connectivity index (χ4n) is 1.68. The maximum absolute atomic E-state index is 8.99. The van der Waals surface area contributed by atoms with Gasteiger partial charge in [-0.1, -0.05) is 6.92 Å². The van der Waals surface area contributed by atoms with Gasteiger partial charge in [0.1, 0.15) is 17.5 Å². The number of aliphatic hydroxyl groups excluding tert-OH is 1. The molecule has 0 unspecified atom stereocenters. The molecule has 0 atom stereocenters. The minimum atomic E-state index is 0.123. The van der Waals surface area contributed by atoms with E-state index in [1.807, 2.05) is 32.7 Å².